The second-order valence-electron chi connectivity index (χ2n) is 7.10. The number of amides is 2. The molecular weight excluding hydrogens is 400 g/mol. The fraction of sp³-hybridized carbons (Fsp3) is 0.667. The summed E-state index contributed by atoms with van der Waals surface area (Å²) in [6.07, 6.45) is 1.26. The van der Waals surface area contributed by atoms with Crippen molar-refractivity contribution < 1.29 is 9.59 Å². The first-order valence-corrected chi connectivity index (χ1v) is 11.0. The molecule has 2 amide bonds. The molecule has 3 heterocycles. The van der Waals surface area contributed by atoms with Crippen molar-refractivity contribution in [1.82, 2.24) is 19.8 Å². The lowest BCUT2D eigenvalue weighted by Gasteiger charge is -2.34. The van der Waals surface area contributed by atoms with Crippen molar-refractivity contribution in [3.63, 3.8) is 0 Å². The van der Waals surface area contributed by atoms with Gasteiger partial charge in [0.1, 0.15) is 11.0 Å². The average molecular weight is 427 g/mol. The SMILES string of the molecule is CCN1CCN(c2cc(Cl)nc(SCC(=O)N3CCC(C(N)=O)CC3)n2)CC1. The summed E-state index contributed by atoms with van der Waals surface area (Å²) in [6, 6.07) is 1.78. The van der Waals surface area contributed by atoms with Crippen LogP contribution in [-0.4, -0.2) is 83.1 Å². The molecule has 0 atom stereocenters. The molecule has 0 aliphatic carbocycles. The number of piperidine rings is 1. The van der Waals surface area contributed by atoms with Crippen LogP contribution in [0.2, 0.25) is 5.15 Å². The second-order valence-corrected chi connectivity index (χ2v) is 8.43. The Labute approximate surface area is 174 Å². The number of carbonyl (C=O) groups excluding carboxylic acids is 2. The van der Waals surface area contributed by atoms with Gasteiger partial charge >= 0.3 is 0 Å². The molecule has 0 aromatic carbocycles. The Bertz CT molecular complexity index is 705. The van der Waals surface area contributed by atoms with Crippen LogP contribution in [0, 0.1) is 5.92 Å². The van der Waals surface area contributed by atoms with Crippen LogP contribution in [-0.2, 0) is 9.59 Å². The number of piperazine rings is 1. The monoisotopic (exact) mass is 426 g/mol. The Hall–Kier alpha value is -1.58. The molecule has 0 saturated carbocycles. The number of anilines is 1. The van der Waals surface area contributed by atoms with Crippen LogP contribution < -0.4 is 10.6 Å². The van der Waals surface area contributed by atoms with Gasteiger partial charge in [0.25, 0.3) is 0 Å². The maximum Gasteiger partial charge on any atom is 0.233 e. The number of aromatic nitrogens is 2. The summed E-state index contributed by atoms with van der Waals surface area (Å²) in [5.74, 6) is 0.692. The number of likely N-dealkylation sites (N-methyl/N-ethyl adjacent to an activating group) is 1. The van der Waals surface area contributed by atoms with Crippen molar-refractivity contribution >= 4 is 41.0 Å². The Kier molecular flexibility index (Phi) is 7.36. The lowest BCUT2D eigenvalue weighted by atomic mass is 9.96. The molecule has 2 N–H and O–H groups in total. The van der Waals surface area contributed by atoms with E-state index in [-0.39, 0.29) is 23.5 Å². The van der Waals surface area contributed by atoms with Crippen LogP contribution >= 0.6 is 23.4 Å². The van der Waals surface area contributed by atoms with Gasteiger partial charge in [-0.1, -0.05) is 30.3 Å². The Morgan fingerprint density at radius 2 is 1.86 bits per heavy atom. The number of nitrogens with zero attached hydrogens (tertiary/aromatic N) is 5. The van der Waals surface area contributed by atoms with Gasteiger partial charge in [0.05, 0.1) is 5.75 Å². The average Bonchev–Trinajstić information content (AvgIpc) is 2.71. The number of hydrogen-bond donors (Lipinski definition) is 1. The first-order chi connectivity index (χ1) is 13.5. The third kappa shape index (κ3) is 5.48. The lowest BCUT2D eigenvalue weighted by Crippen LogP contribution is -2.46. The number of nitrogens with two attached hydrogens (primary N) is 1. The second kappa shape index (κ2) is 9.76. The number of thioether (sulfide) groups is 1. The zero-order valence-electron chi connectivity index (χ0n) is 16.1. The molecule has 28 heavy (non-hydrogen) atoms. The standard InChI is InChI=1S/C18H27ClN6O2S/c1-2-23-7-9-24(10-8-23)15-11-14(19)21-18(22-15)28-12-16(26)25-5-3-13(4-6-25)17(20)27/h11,13H,2-10,12H2,1H3,(H2,20,27). The van der Waals surface area contributed by atoms with Crippen molar-refractivity contribution in [2.75, 3.05) is 56.5 Å². The number of carbonyl (C=O) groups is 2. The highest BCUT2D eigenvalue weighted by Gasteiger charge is 2.26. The molecule has 0 radical (unpaired) electrons. The molecule has 1 aromatic rings. The highest BCUT2D eigenvalue weighted by Crippen LogP contribution is 2.24. The van der Waals surface area contributed by atoms with Crippen molar-refractivity contribution in [2.45, 2.75) is 24.9 Å². The van der Waals surface area contributed by atoms with Gasteiger partial charge in [-0.05, 0) is 19.4 Å². The van der Waals surface area contributed by atoms with Gasteiger partial charge in [-0.3, -0.25) is 9.59 Å². The molecule has 2 fully saturated rings. The van der Waals surface area contributed by atoms with E-state index >= 15 is 0 Å². The molecule has 0 bridgehead atoms. The van der Waals surface area contributed by atoms with Gasteiger partial charge in [-0.2, -0.15) is 0 Å². The number of primary amides is 1. The normalized spacial score (nSPS) is 19.1. The van der Waals surface area contributed by atoms with Gasteiger partial charge in [0, 0.05) is 51.3 Å². The topological polar surface area (TPSA) is 95.7 Å². The number of rotatable bonds is 6. The molecule has 10 heteroatoms. The predicted octanol–water partition coefficient (Wildman–Crippen LogP) is 1.09. The predicted molar refractivity (Wildman–Crippen MR) is 111 cm³/mol. The summed E-state index contributed by atoms with van der Waals surface area (Å²) >= 11 is 7.49. The van der Waals surface area contributed by atoms with Gasteiger partial charge in [-0.25, -0.2) is 9.97 Å². The van der Waals surface area contributed by atoms with E-state index in [9.17, 15) is 9.59 Å². The molecule has 2 saturated heterocycles. The summed E-state index contributed by atoms with van der Waals surface area (Å²) < 4.78 is 0. The first-order valence-electron chi connectivity index (χ1n) is 9.68. The van der Waals surface area contributed by atoms with E-state index in [1.165, 1.54) is 11.8 Å². The van der Waals surface area contributed by atoms with E-state index in [0.717, 1.165) is 38.5 Å². The van der Waals surface area contributed by atoms with Crippen molar-refractivity contribution in [1.29, 1.82) is 0 Å². The van der Waals surface area contributed by atoms with Crippen LogP contribution in [0.4, 0.5) is 5.82 Å². The third-order valence-corrected chi connectivity index (χ3v) is 6.40. The zero-order chi connectivity index (χ0) is 20.1. The Morgan fingerprint density at radius 1 is 1.18 bits per heavy atom. The van der Waals surface area contributed by atoms with Crippen LogP contribution in [0.1, 0.15) is 19.8 Å². The summed E-state index contributed by atoms with van der Waals surface area (Å²) in [4.78, 5) is 39.0. The van der Waals surface area contributed by atoms with E-state index < -0.39 is 0 Å². The van der Waals surface area contributed by atoms with Crippen LogP contribution in [0.3, 0.4) is 0 Å². The molecule has 2 aliphatic heterocycles. The smallest absolute Gasteiger partial charge is 0.233 e. The van der Waals surface area contributed by atoms with Crippen molar-refractivity contribution in [3.05, 3.63) is 11.2 Å². The Morgan fingerprint density at radius 3 is 2.46 bits per heavy atom. The van der Waals surface area contributed by atoms with Crippen molar-refractivity contribution in [2.24, 2.45) is 11.7 Å². The molecule has 3 rings (SSSR count). The summed E-state index contributed by atoms with van der Waals surface area (Å²) in [5.41, 5.74) is 5.35. The van der Waals surface area contributed by atoms with E-state index in [0.29, 0.717) is 36.2 Å². The largest absolute Gasteiger partial charge is 0.369 e. The molecule has 8 nitrogen and oxygen atoms in total. The van der Waals surface area contributed by atoms with Crippen LogP contribution in [0.5, 0.6) is 0 Å². The minimum absolute atomic E-state index is 0.0228. The maximum atomic E-state index is 12.5. The highest BCUT2D eigenvalue weighted by atomic mass is 35.5. The number of halogens is 1. The van der Waals surface area contributed by atoms with E-state index in [1.807, 2.05) is 0 Å². The van der Waals surface area contributed by atoms with Gasteiger partial charge in [0.2, 0.25) is 11.8 Å². The van der Waals surface area contributed by atoms with E-state index in [2.05, 4.69) is 26.7 Å². The minimum Gasteiger partial charge on any atom is -0.369 e. The molecule has 2 aliphatic rings. The fourth-order valence-corrected chi connectivity index (χ4v) is 4.52. The number of likely N-dealkylation sites (tertiary alicyclic amines) is 1. The third-order valence-electron chi connectivity index (χ3n) is 5.38. The molecule has 154 valence electrons. The maximum absolute atomic E-state index is 12.5. The van der Waals surface area contributed by atoms with Crippen LogP contribution in [0.25, 0.3) is 0 Å². The van der Waals surface area contributed by atoms with E-state index in [4.69, 9.17) is 17.3 Å². The highest BCUT2D eigenvalue weighted by molar-refractivity contribution is 7.99. The minimum atomic E-state index is -0.277. The fourth-order valence-electron chi connectivity index (χ4n) is 3.54. The number of hydrogen-bond acceptors (Lipinski definition) is 7. The van der Waals surface area contributed by atoms with E-state index in [1.54, 1.807) is 11.0 Å². The van der Waals surface area contributed by atoms with Crippen LogP contribution in [0.15, 0.2) is 11.2 Å². The summed E-state index contributed by atoms with van der Waals surface area (Å²) in [6.45, 7) is 8.16. The van der Waals surface area contributed by atoms with Gasteiger partial charge in [0.15, 0.2) is 5.16 Å². The first kappa shape index (κ1) is 21.1. The quantitative estimate of drug-likeness (QED) is 0.413. The van der Waals surface area contributed by atoms with Gasteiger partial charge < -0.3 is 20.4 Å². The Balaban J connectivity index is 1.54. The molecule has 0 unspecified atom stereocenters. The zero-order valence-corrected chi connectivity index (χ0v) is 17.7. The molecule has 0 spiro atoms. The van der Waals surface area contributed by atoms with Gasteiger partial charge in [-0.15, -0.1) is 0 Å². The summed E-state index contributed by atoms with van der Waals surface area (Å²) in [5, 5.41) is 0.904. The van der Waals surface area contributed by atoms with Crippen molar-refractivity contribution in [3.8, 4) is 0 Å². The lowest BCUT2D eigenvalue weighted by molar-refractivity contribution is -0.132. The summed E-state index contributed by atoms with van der Waals surface area (Å²) in [7, 11) is 0. The molecule has 1 aromatic heterocycles. The molecular formula is C18H27ClN6O2S.